The van der Waals surface area contributed by atoms with Gasteiger partial charge in [0.05, 0.1) is 85.8 Å². The topological polar surface area (TPSA) is 462 Å². The van der Waals surface area contributed by atoms with Gasteiger partial charge in [0.25, 0.3) is 0 Å². The van der Waals surface area contributed by atoms with Crippen LogP contribution in [0.5, 0.6) is 0 Å². The second kappa shape index (κ2) is 27.8. The molecule has 0 spiro atoms. The standard InChI is InChI=1S/C12H32N5.4ClHO4.ClH/c13-5-1-9-17(10-2-6-14,11-3-7-15)12-4-8-16;4*2-1(3,4)5;/h1-16H2;4*(H,2,3,4,5);1H/q+1;;;;;/p-1. The molecule has 0 aliphatic heterocycles. The van der Waals surface area contributed by atoms with Crippen LogP contribution in [0.2, 0.25) is 0 Å². The van der Waals surface area contributed by atoms with E-state index in [0.717, 1.165) is 82.5 Å². The second-order valence-corrected chi connectivity index (χ2v) is 9.56. The molecule has 0 aromatic rings. The number of nitrogens with two attached hydrogens (primary N) is 4. The Labute approximate surface area is 233 Å². The molecule has 0 aromatic carbocycles. The highest BCUT2D eigenvalue weighted by Gasteiger charge is 2.24. The maximum Gasteiger partial charge on any atom is 0.0798 e. The van der Waals surface area contributed by atoms with Crippen LogP contribution in [0.1, 0.15) is 25.7 Å². The highest BCUT2D eigenvalue weighted by atomic mass is 35.7. The minimum absolute atomic E-state index is 0. The van der Waals surface area contributed by atoms with Gasteiger partial charge in [-0.1, -0.05) is 0 Å². The molecule has 0 aliphatic rings. The minimum atomic E-state index is -4.69. The predicted octanol–water partition coefficient (Wildman–Crippen LogP) is -20.3. The molecule has 0 saturated heterocycles. The summed E-state index contributed by atoms with van der Waals surface area (Å²) < 4.78 is 132. The summed E-state index contributed by atoms with van der Waals surface area (Å²) in [5, 5.41) is 0. The zero-order valence-electron chi connectivity index (χ0n) is 19.8. The fourth-order valence-electron chi connectivity index (χ4n) is 2.38. The summed E-state index contributed by atoms with van der Waals surface area (Å²) in [5.41, 5.74) is 22.6. The summed E-state index contributed by atoms with van der Waals surface area (Å²) in [7, 11) is -18.8. The molecule has 12 N–H and O–H groups in total. The minimum Gasteiger partial charge on any atom is -1.00 e. The summed E-state index contributed by atoms with van der Waals surface area (Å²) >= 11 is 0. The molecule has 0 amide bonds. The van der Waals surface area contributed by atoms with Crippen molar-refractivity contribution in [2.75, 3.05) is 52.4 Å². The van der Waals surface area contributed by atoms with Crippen LogP contribution in [0, 0.1) is 41.0 Å². The lowest BCUT2D eigenvalue weighted by atomic mass is 10.2. The van der Waals surface area contributed by atoms with Crippen molar-refractivity contribution in [3.63, 3.8) is 0 Å². The molecule has 0 atom stereocenters. The van der Waals surface area contributed by atoms with Crippen LogP contribution < -0.4 is 91.2 Å². The van der Waals surface area contributed by atoms with Crippen molar-refractivity contribution in [2.45, 2.75) is 25.7 Å². The van der Waals surface area contributed by atoms with E-state index in [4.69, 9.17) is 97.5 Å². The maximum atomic E-state index is 8.60. The lowest BCUT2D eigenvalue weighted by Crippen LogP contribution is -3.00. The smallest absolute Gasteiger partial charge is 0.0798 e. The van der Waals surface area contributed by atoms with Crippen molar-refractivity contribution in [2.24, 2.45) is 22.9 Å². The number of quaternary nitrogens is 1. The Bertz CT molecular complexity index is 373. The molecule has 0 unspecified atom stereocenters. The summed E-state index contributed by atoms with van der Waals surface area (Å²) in [6.45, 7) is 7.57. The molecule has 0 heterocycles. The molecular formula is C12H36Cl5N5O16. The molecule has 0 aromatic heterocycles. The molecule has 0 rings (SSSR count). The highest BCUT2D eigenvalue weighted by Crippen LogP contribution is 2.12. The van der Waals surface area contributed by atoms with Gasteiger partial charge in [0.15, 0.2) is 0 Å². The van der Waals surface area contributed by atoms with Gasteiger partial charge in [-0.15, -0.1) is 0 Å². The van der Waals surface area contributed by atoms with E-state index >= 15 is 0 Å². The van der Waals surface area contributed by atoms with Crippen LogP contribution in [0.25, 0.3) is 0 Å². The number of halogens is 5. The summed E-state index contributed by atoms with van der Waals surface area (Å²) in [5.74, 6) is 0. The van der Waals surface area contributed by atoms with Crippen LogP contribution in [0.3, 0.4) is 0 Å². The van der Waals surface area contributed by atoms with Gasteiger partial charge in [-0.25, -0.2) is 0 Å². The maximum absolute atomic E-state index is 8.60. The first-order valence-corrected chi connectivity index (χ1v) is 14.5. The second-order valence-electron chi connectivity index (χ2n) is 6.39. The molecule has 38 heavy (non-hydrogen) atoms. The van der Waals surface area contributed by atoms with Crippen LogP contribution in [-0.2, 0) is 0 Å². The molecule has 0 saturated carbocycles. The van der Waals surface area contributed by atoms with E-state index in [1.807, 2.05) is 0 Å². The molecule has 240 valence electrons. The zero-order chi connectivity index (χ0) is 31.0. The van der Waals surface area contributed by atoms with E-state index in [0.29, 0.717) is 0 Å². The summed E-state index contributed by atoms with van der Waals surface area (Å²) in [4.78, 5) is 0. The number of rotatable bonds is 12. The third-order valence-electron chi connectivity index (χ3n) is 3.35. The van der Waals surface area contributed by atoms with Crippen molar-refractivity contribution >= 4 is 0 Å². The summed E-state index contributed by atoms with van der Waals surface area (Å²) in [6, 6.07) is 0. The van der Waals surface area contributed by atoms with Gasteiger partial charge in [0.1, 0.15) is 0 Å². The average molecular weight is 684 g/mol. The van der Waals surface area contributed by atoms with Crippen molar-refractivity contribution in [3.8, 4) is 0 Å². The van der Waals surface area contributed by atoms with Crippen molar-refractivity contribution in [1.82, 2.24) is 0 Å². The van der Waals surface area contributed by atoms with Crippen LogP contribution >= 0.6 is 0 Å². The Hall–Kier alpha value is 0.610. The zero-order valence-corrected chi connectivity index (χ0v) is 23.6. The van der Waals surface area contributed by atoms with E-state index in [2.05, 4.69) is 0 Å². The Morgan fingerprint density at radius 3 is 0.579 bits per heavy atom. The van der Waals surface area contributed by atoms with E-state index in [-0.39, 0.29) is 12.4 Å². The number of hydrogen-bond donors (Lipinski definition) is 8. The van der Waals surface area contributed by atoms with E-state index in [1.54, 1.807) is 0 Å². The predicted molar refractivity (Wildman–Crippen MR) is 83.3 cm³/mol. The lowest BCUT2D eigenvalue weighted by Gasteiger charge is -2.39. The van der Waals surface area contributed by atoms with Gasteiger partial charge in [-0.3, -0.25) is 0 Å². The van der Waals surface area contributed by atoms with Gasteiger partial charge in [-0.05, 0) is 26.2 Å². The first kappa shape index (κ1) is 51.4. The van der Waals surface area contributed by atoms with E-state index in [1.165, 1.54) is 0 Å². The van der Waals surface area contributed by atoms with Gasteiger partial charge in [-0.2, -0.15) is 55.9 Å². The molecule has 26 heteroatoms. The first-order chi connectivity index (χ1) is 16.2. The van der Waals surface area contributed by atoms with Crippen molar-refractivity contribution in [3.05, 3.63) is 0 Å². The Balaban J connectivity index is -0.0000000997. The fourth-order valence-corrected chi connectivity index (χ4v) is 2.38. The van der Waals surface area contributed by atoms with Gasteiger partial charge in [0.2, 0.25) is 0 Å². The van der Waals surface area contributed by atoms with Crippen LogP contribution in [-0.4, -0.2) is 75.5 Å². The van der Waals surface area contributed by atoms with E-state index < -0.39 is 41.0 Å². The van der Waals surface area contributed by atoms with Crippen LogP contribution in [0.15, 0.2) is 0 Å². The Morgan fingerprint density at radius 1 is 0.395 bits per heavy atom. The number of hydrogen-bond acceptors (Lipinski definition) is 20. The highest BCUT2D eigenvalue weighted by molar-refractivity contribution is 4.52. The normalized spacial score (nSPS) is 11.7. The number of nitrogens with zero attached hydrogens (tertiary/aromatic N) is 1. The molecular weight excluding hydrogens is 647 g/mol. The Morgan fingerprint density at radius 2 is 0.500 bits per heavy atom. The Kier molecular flexibility index (Phi) is 37.5. The van der Waals surface area contributed by atoms with Crippen molar-refractivity contribution < 1.29 is 132 Å². The quantitative estimate of drug-likeness (QED) is 0.0885. The van der Waals surface area contributed by atoms with Crippen LogP contribution in [0.4, 0.5) is 0 Å². The first-order valence-electron chi connectivity index (χ1n) is 9.43. The van der Waals surface area contributed by atoms with Gasteiger partial charge in [0, 0.05) is 25.7 Å². The van der Waals surface area contributed by atoms with Crippen molar-refractivity contribution in [1.29, 1.82) is 0 Å². The molecule has 0 radical (unpaired) electrons. The molecule has 0 fully saturated rings. The molecule has 21 nitrogen and oxygen atoms in total. The van der Waals surface area contributed by atoms with Gasteiger partial charge < -0.3 is 39.8 Å². The largest absolute Gasteiger partial charge is 1.00 e. The lowest BCUT2D eigenvalue weighted by molar-refractivity contribution is -1.92. The molecule has 0 aliphatic carbocycles. The average Bonchev–Trinajstić information content (AvgIpc) is 2.61. The molecule has 0 bridgehead atoms. The fraction of sp³-hybridized carbons (Fsp3) is 1.00. The third-order valence-corrected chi connectivity index (χ3v) is 3.35. The summed E-state index contributed by atoms with van der Waals surface area (Å²) in [6.07, 6.45) is 4.28. The van der Waals surface area contributed by atoms with E-state index in [9.17, 15) is 0 Å². The van der Waals surface area contributed by atoms with Gasteiger partial charge >= 0.3 is 0 Å². The SMILES string of the molecule is NCCC[N+](CCCN)(CCCN)CCCN.[Cl-].[O-][Cl+3]([O-])([O-])O.[O-][Cl+3]([O-])([O-])O.[O-][Cl+3]([O-])([O-])O.[O-][Cl+3]([O-])([O-])O. The third kappa shape index (κ3) is 109. The monoisotopic (exact) mass is 681 g/mol.